The van der Waals surface area contributed by atoms with E-state index in [1.54, 1.807) is 6.07 Å². The van der Waals surface area contributed by atoms with Crippen molar-refractivity contribution in [1.82, 2.24) is 9.66 Å². The van der Waals surface area contributed by atoms with Gasteiger partial charge in [-0.25, -0.2) is 4.98 Å². The van der Waals surface area contributed by atoms with Crippen molar-refractivity contribution in [1.29, 1.82) is 5.26 Å². The highest BCUT2D eigenvalue weighted by atomic mass is 15.4. The zero-order valence-electron chi connectivity index (χ0n) is 9.23. The molecule has 0 amide bonds. The smallest absolute Gasteiger partial charge is 0.146 e. The number of hydrogen-bond acceptors (Lipinski definition) is 3. The second kappa shape index (κ2) is 4.07. The molecule has 0 aromatic carbocycles. The van der Waals surface area contributed by atoms with Crippen molar-refractivity contribution in [2.75, 3.05) is 5.43 Å². The summed E-state index contributed by atoms with van der Waals surface area (Å²) in [6.45, 7) is 4.02. The first-order valence-corrected chi connectivity index (χ1v) is 5.00. The highest BCUT2D eigenvalue weighted by Crippen LogP contribution is 2.10. The molecule has 2 aromatic rings. The van der Waals surface area contributed by atoms with Crippen molar-refractivity contribution in [2.24, 2.45) is 0 Å². The minimum absolute atomic E-state index is 0.410. The Morgan fingerprint density at radius 3 is 2.50 bits per heavy atom. The third kappa shape index (κ3) is 1.89. The van der Waals surface area contributed by atoms with Crippen molar-refractivity contribution >= 4 is 5.82 Å². The number of aryl methyl sites for hydroxylation is 2. The number of nitriles is 1. The summed E-state index contributed by atoms with van der Waals surface area (Å²) in [5.74, 6) is 0.668. The van der Waals surface area contributed by atoms with Crippen LogP contribution in [0.4, 0.5) is 5.82 Å². The van der Waals surface area contributed by atoms with Crippen molar-refractivity contribution in [3.8, 4) is 6.07 Å². The van der Waals surface area contributed by atoms with Gasteiger partial charge >= 0.3 is 0 Å². The van der Waals surface area contributed by atoms with E-state index in [9.17, 15) is 0 Å². The average molecular weight is 212 g/mol. The molecule has 4 nitrogen and oxygen atoms in total. The molecule has 0 aliphatic heterocycles. The third-order valence-electron chi connectivity index (χ3n) is 2.36. The van der Waals surface area contributed by atoms with E-state index in [0.29, 0.717) is 11.5 Å². The summed E-state index contributed by atoms with van der Waals surface area (Å²) in [5, 5.41) is 8.75. The summed E-state index contributed by atoms with van der Waals surface area (Å²) in [6, 6.07) is 11.4. The van der Waals surface area contributed by atoms with E-state index in [4.69, 9.17) is 5.26 Å². The van der Waals surface area contributed by atoms with Crippen LogP contribution in [0.15, 0.2) is 30.3 Å². The Morgan fingerprint density at radius 2 is 1.88 bits per heavy atom. The Labute approximate surface area is 94.1 Å². The Hall–Kier alpha value is -2.28. The summed E-state index contributed by atoms with van der Waals surface area (Å²) in [6.07, 6.45) is 0. The Morgan fingerprint density at radius 1 is 1.19 bits per heavy atom. The second-order valence-corrected chi connectivity index (χ2v) is 3.58. The maximum atomic E-state index is 8.75. The Kier molecular flexibility index (Phi) is 2.61. The van der Waals surface area contributed by atoms with E-state index in [1.165, 1.54) is 0 Å². The van der Waals surface area contributed by atoms with Gasteiger partial charge in [-0.05, 0) is 38.1 Å². The fraction of sp³-hybridized carbons (Fsp3) is 0.167. The minimum Gasteiger partial charge on any atom is -0.278 e. The van der Waals surface area contributed by atoms with Gasteiger partial charge in [0, 0.05) is 11.4 Å². The zero-order valence-corrected chi connectivity index (χ0v) is 9.23. The topological polar surface area (TPSA) is 53.6 Å². The molecule has 2 heterocycles. The van der Waals surface area contributed by atoms with Crippen LogP contribution in [-0.4, -0.2) is 9.66 Å². The highest BCUT2D eigenvalue weighted by molar-refractivity contribution is 5.39. The Balaban J connectivity index is 2.31. The quantitative estimate of drug-likeness (QED) is 0.830. The summed E-state index contributed by atoms with van der Waals surface area (Å²) < 4.78 is 1.93. The van der Waals surface area contributed by atoms with Crippen LogP contribution in [-0.2, 0) is 0 Å². The first kappa shape index (κ1) is 10.2. The van der Waals surface area contributed by atoms with Crippen LogP contribution in [0.1, 0.15) is 17.1 Å². The van der Waals surface area contributed by atoms with Crippen LogP contribution in [0.2, 0.25) is 0 Å². The van der Waals surface area contributed by atoms with Crippen molar-refractivity contribution in [3.63, 3.8) is 0 Å². The van der Waals surface area contributed by atoms with Crippen LogP contribution >= 0.6 is 0 Å². The number of rotatable bonds is 2. The van der Waals surface area contributed by atoms with Crippen LogP contribution in [0, 0.1) is 25.2 Å². The maximum absolute atomic E-state index is 8.75. The second-order valence-electron chi connectivity index (χ2n) is 3.58. The lowest BCUT2D eigenvalue weighted by molar-refractivity contribution is 0.870. The molecule has 0 radical (unpaired) electrons. The number of nitrogens with one attached hydrogen (secondary N) is 1. The van der Waals surface area contributed by atoms with Gasteiger partial charge in [-0.3, -0.25) is 10.1 Å². The monoisotopic (exact) mass is 212 g/mol. The van der Waals surface area contributed by atoms with Gasteiger partial charge in [-0.2, -0.15) is 5.26 Å². The van der Waals surface area contributed by atoms with E-state index in [2.05, 4.69) is 10.4 Å². The molecule has 0 spiro atoms. The van der Waals surface area contributed by atoms with Crippen LogP contribution in [0.5, 0.6) is 0 Å². The highest BCUT2D eigenvalue weighted by Gasteiger charge is 2.02. The van der Waals surface area contributed by atoms with Crippen molar-refractivity contribution in [3.05, 3.63) is 47.4 Å². The molecule has 0 fully saturated rings. The van der Waals surface area contributed by atoms with Gasteiger partial charge in [0.25, 0.3) is 0 Å². The van der Waals surface area contributed by atoms with E-state index >= 15 is 0 Å². The molecule has 0 atom stereocenters. The first-order valence-electron chi connectivity index (χ1n) is 5.00. The molecule has 0 aliphatic carbocycles. The molecule has 4 heteroatoms. The fourth-order valence-corrected chi connectivity index (χ4v) is 1.52. The van der Waals surface area contributed by atoms with Gasteiger partial charge in [-0.1, -0.05) is 6.07 Å². The zero-order chi connectivity index (χ0) is 11.5. The van der Waals surface area contributed by atoms with E-state index in [-0.39, 0.29) is 0 Å². The van der Waals surface area contributed by atoms with Crippen LogP contribution in [0.3, 0.4) is 0 Å². The number of aromatic nitrogens is 2. The molecular formula is C12H12N4. The maximum Gasteiger partial charge on any atom is 0.146 e. The molecule has 16 heavy (non-hydrogen) atoms. The number of anilines is 1. The molecule has 0 aliphatic rings. The lowest BCUT2D eigenvalue weighted by Gasteiger charge is -2.11. The fourth-order valence-electron chi connectivity index (χ4n) is 1.52. The minimum atomic E-state index is 0.410. The van der Waals surface area contributed by atoms with Gasteiger partial charge in [0.1, 0.15) is 17.6 Å². The molecule has 80 valence electrons. The molecule has 2 aromatic heterocycles. The number of pyridine rings is 1. The van der Waals surface area contributed by atoms with Gasteiger partial charge < -0.3 is 0 Å². The Bertz CT molecular complexity index is 529. The largest absolute Gasteiger partial charge is 0.278 e. The van der Waals surface area contributed by atoms with Gasteiger partial charge in [0.05, 0.1) is 0 Å². The van der Waals surface area contributed by atoms with Crippen molar-refractivity contribution < 1.29 is 0 Å². The van der Waals surface area contributed by atoms with Crippen LogP contribution in [0.25, 0.3) is 0 Å². The molecule has 0 unspecified atom stereocenters. The first-order chi connectivity index (χ1) is 7.70. The molecular weight excluding hydrogens is 200 g/mol. The molecule has 2 rings (SSSR count). The van der Waals surface area contributed by atoms with Gasteiger partial charge in [-0.15, -0.1) is 0 Å². The lowest BCUT2D eigenvalue weighted by Crippen LogP contribution is -2.13. The average Bonchev–Trinajstić information content (AvgIpc) is 2.61. The van der Waals surface area contributed by atoms with Gasteiger partial charge in [0.2, 0.25) is 0 Å². The predicted molar refractivity (Wildman–Crippen MR) is 61.9 cm³/mol. The van der Waals surface area contributed by atoms with Gasteiger partial charge in [0.15, 0.2) is 0 Å². The van der Waals surface area contributed by atoms with E-state index < -0.39 is 0 Å². The standard InChI is InChI=1S/C12H12N4/c1-9-6-7-10(2)16(9)15-12-5-3-4-11(8-13)14-12/h3-7H,1-2H3,(H,14,15). The van der Waals surface area contributed by atoms with E-state index in [1.807, 2.05) is 48.9 Å². The van der Waals surface area contributed by atoms with Crippen LogP contribution < -0.4 is 5.43 Å². The van der Waals surface area contributed by atoms with E-state index in [0.717, 1.165) is 11.4 Å². The summed E-state index contributed by atoms with van der Waals surface area (Å²) >= 11 is 0. The molecule has 1 N–H and O–H groups in total. The lowest BCUT2D eigenvalue weighted by atomic mass is 10.4. The summed E-state index contributed by atoms with van der Waals surface area (Å²) in [4.78, 5) is 4.16. The summed E-state index contributed by atoms with van der Waals surface area (Å²) in [7, 11) is 0. The summed E-state index contributed by atoms with van der Waals surface area (Å²) in [5.41, 5.74) is 5.76. The van der Waals surface area contributed by atoms with Crippen molar-refractivity contribution in [2.45, 2.75) is 13.8 Å². The normalized spacial score (nSPS) is 9.81. The molecule has 0 saturated heterocycles. The molecule has 0 bridgehead atoms. The third-order valence-corrected chi connectivity index (χ3v) is 2.36. The SMILES string of the molecule is Cc1ccc(C)n1Nc1cccc(C#N)n1. The predicted octanol–water partition coefficient (Wildman–Crippen LogP) is 2.25. The molecule has 0 saturated carbocycles. The number of hydrogen-bond donors (Lipinski definition) is 1. The number of nitrogens with zero attached hydrogens (tertiary/aromatic N) is 3.